The molecule has 0 bridgehead atoms. The predicted octanol–water partition coefficient (Wildman–Crippen LogP) is 13.0. The van der Waals surface area contributed by atoms with Crippen molar-refractivity contribution in [3.8, 4) is 45.5 Å². The molecule has 266 valence electrons. The minimum atomic E-state index is 0.627. The van der Waals surface area contributed by atoms with E-state index in [0.29, 0.717) is 17.5 Å². The van der Waals surface area contributed by atoms with Gasteiger partial charge in [-0.3, -0.25) is 0 Å². The maximum atomic E-state index is 6.77. The summed E-state index contributed by atoms with van der Waals surface area (Å²) in [6, 6.07) is 65.4. The molecule has 4 heterocycles. The van der Waals surface area contributed by atoms with E-state index in [0.717, 1.165) is 77.5 Å². The molecule has 8 aromatic carbocycles. The maximum Gasteiger partial charge on any atom is 0.164 e. The highest BCUT2D eigenvalue weighted by atomic mass is 16.3. The molecule has 0 radical (unpaired) electrons. The molecule has 0 aliphatic heterocycles. The smallest absolute Gasteiger partial charge is 0.164 e. The fraction of sp³-hybridized carbons (Fsp3) is 0. The van der Waals surface area contributed by atoms with Gasteiger partial charge in [0.15, 0.2) is 17.5 Å². The Labute approximate surface area is 326 Å². The third-order valence-corrected chi connectivity index (χ3v) is 11.2. The van der Waals surface area contributed by atoms with E-state index >= 15 is 0 Å². The molecule has 6 nitrogen and oxygen atoms in total. The number of nitrogens with zero attached hydrogens (tertiary/aromatic N) is 5. The van der Waals surface area contributed by atoms with Crippen molar-refractivity contribution in [2.75, 3.05) is 0 Å². The number of benzene rings is 8. The van der Waals surface area contributed by atoms with E-state index in [1.165, 1.54) is 16.2 Å². The Morgan fingerprint density at radius 3 is 1.46 bits per heavy atom. The largest absolute Gasteiger partial charge is 0.455 e. The van der Waals surface area contributed by atoms with Crippen LogP contribution in [0, 0.1) is 0 Å². The van der Waals surface area contributed by atoms with Gasteiger partial charge in [-0.25, -0.2) is 15.0 Å². The quantitative estimate of drug-likeness (QED) is 0.177. The summed E-state index contributed by atoms with van der Waals surface area (Å²) in [5.74, 6) is 1.91. The lowest BCUT2D eigenvalue weighted by molar-refractivity contribution is 0.673. The van der Waals surface area contributed by atoms with Crippen molar-refractivity contribution in [1.29, 1.82) is 0 Å². The second kappa shape index (κ2) is 12.3. The first-order chi connectivity index (χ1) is 28.3. The van der Waals surface area contributed by atoms with Crippen LogP contribution in [-0.2, 0) is 0 Å². The van der Waals surface area contributed by atoms with E-state index < -0.39 is 0 Å². The summed E-state index contributed by atoms with van der Waals surface area (Å²) in [7, 11) is 0. The van der Waals surface area contributed by atoms with Gasteiger partial charge >= 0.3 is 0 Å². The van der Waals surface area contributed by atoms with Crippen LogP contribution in [-0.4, -0.2) is 24.1 Å². The highest BCUT2D eigenvalue weighted by molar-refractivity contribution is 6.34. The van der Waals surface area contributed by atoms with E-state index in [9.17, 15) is 0 Å². The summed E-state index contributed by atoms with van der Waals surface area (Å²) in [6.07, 6.45) is 0. The molecule has 0 unspecified atom stereocenters. The fourth-order valence-corrected chi connectivity index (χ4v) is 8.66. The van der Waals surface area contributed by atoms with Crippen molar-refractivity contribution in [3.63, 3.8) is 0 Å². The molecule has 0 saturated heterocycles. The Morgan fingerprint density at radius 1 is 0.316 bits per heavy atom. The lowest BCUT2D eigenvalue weighted by atomic mass is 10.0. The zero-order valence-electron chi connectivity index (χ0n) is 30.5. The van der Waals surface area contributed by atoms with Gasteiger partial charge in [0, 0.05) is 55.0 Å². The first-order valence-electron chi connectivity index (χ1n) is 19.1. The summed E-state index contributed by atoms with van der Waals surface area (Å²) in [4.78, 5) is 14.9. The number of aromatic nitrogens is 5. The molecule has 4 aromatic heterocycles. The van der Waals surface area contributed by atoms with E-state index in [4.69, 9.17) is 19.4 Å². The average molecular weight is 730 g/mol. The predicted molar refractivity (Wildman–Crippen MR) is 232 cm³/mol. The Kier molecular flexibility index (Phi) is 6.83. The Bertz CT molecular complexity index is 3430. The zero-order valence-corrected chi connectivity index (χ0v) is 30.5. The minimum Gasteiger partial charge on any atom is -0.455 e. The van der Waals surface area contributed by atoms with Crippen LogP contribution in [0.5, 0.6) is 0 Å². The molecule has 0 spiro atoms. The number of fused-ring (bicyclic) bond motifs is 11. The van der Waals surface area contributed by atoms with Crippen LogP contribution in [0.25, 0.3) is 111 Å². The SMILES string of the molecule is c1ccc(-c2nc(-c3ccccc3)nc(-c3ccc(-n4c5ccccc5c5c6c7c8oc9ccccc9c8ccc7n(-c7ccccc7)c6ccc54)cc3)n2)cc1. The van der Waals surface area contributed by atoms with Gasteiger partial charge in [0.25, 0.3) is 0 Å². The first kappa shape index (κ1) is 31.5. The molecule has 0 aliphatic rings. The standard InChI is InChI=1S/C51H31N5O/c1-4-14-32(15-5-1)49-52-50(33-16-6-2-7-17-33)54-51(53-49)34-24-26-36(27-25-34)55-40-22-12-10-21-39(40)45-41(55)30-31-42-46(45)47-43(56(42)35-18-8-3-9-19-35)29-28-38-37-20-11-13-23-44(37)57-48(38)47/h1-31H. The van der Waals surface area contributed by atoms with Crippen molar-refractivity contribution in [2.24, 2.45) is 0 Å². The van der Waals surface area contributed by atoms with Crippen LogP contribution < -0.4 is 0 Å². The normalized spacial score (nSPS) is 11.9. The fourth-order valence-electron chi connectivity index (χ4n) is 8.66. The summed E-state index contributed by atoms with van der Waals surface area (Å²) < 4.78 is 11.5. The van der Waals surface area contributed by atoms with E-state index in [-0.39, 0.29) is 0 Å². The second-order valence-electron chi connectivity index (χ2n) is 14.4. The maximum absolute atomic E-state index is 6.77. The Balaban J connectivity index is 1.10. The molecule has 0 saturated carbocycles. The van der Waals surface area contributed by atoms with Gasteiger partial charge < -0.3 is 13.6 Å². The Morgan fingerprint density at radius 2 is 0.789 bits per heavy atom. The van der Waals surface area contributed by atoms with Crippen LogP contribution in [0.2, 0.25) is 0 Å². The minimum absolute atomic E-state index is 0.627. The van der Waals surface area contributed by atoms with Crippen LogP contribution in [0.15, 0.2) is 192 Å². The molecule has 0 amide bonds. The van der Waals surface area contributed by atoms with Crippen LogP contribution in [0.3, 0.4) is 0 Å². The highest BCUT2D eigenvalue weighted by Crippen LogP contribution is 2.46. The second-order valence-corrected chi connectivity index (χ2v) is 14.4. The van der Waals surface area contributed by atoms with Gasteiger partial charge in [0.1, 0.15) is 11.2 Å². The van der Waals surface area contributed by atoms with Crippen molar-refractivity contribution in [3.05, 3.63) is 188 Å². The van der Waals surface area contributed by atoms with Gasteiger partial charge in [-0.2, -0.15) is 0 Å². The molecule has 0 N–H and O–H groups in total. The summed E-state index contributed by atoms with van der Waals surface area (Å²) in [6.45, 7) is 0. The van der Waals surface area contributed by atoms with Crippen LogP contribution in [0.4, 0.5) is 0 Å². The monoisotopic (exact) mass is 729 g/mol. The zero-order chi connectivity index (χ0) is 37.5. The Hall–Kier alpha value is -7.83. The van der Waals surface area contributed by atoms with Gasteiger partial charge in [-0.15, -0.1) is 0 Å². The topological polar surface area (TPSA) is 61.7 Å². The lowest BCUT2D eigenvalue weighted by Gasteiger charge is -2.11. The molecule has 0 aliphatic carbocycles. The van der Waals surface area contributed by atoms with Crippen LogP contribution in [0.1, 0.15) is 0 Å². The van der Waals surface area contributed by atoms with Crippen molar-refractivity contribution < 1.29 is 4.42 Å². The molecule has 0 fully saturated rings. The van der Waals surface area contributed by atoms with Crippen molar-refractivity contribution >= 4 is 65.6 Å². The third-order valence-electron chi connectivity index (χ3n) is 11.2. The summed E-state index contributed by atoms with van der Waals surface area (Å²) in [5, 5.41) is 6.90. The molecular weight excluding hydrogens is 699 g/mol. The average Bonchev–Trinajstić information content (AvgIpc) is 3.95. The summed E-state index contributed by atoms with van der Waals surface area (Å²) in [5.41, 5.74) is 11.2. The van der Waals surface area contributed by atoms with Gasteiger partial charge in [-0.1, -0.05) is 115 Å². The molecule has 12 aromatic rings. The number of furan rings is 1. The number of hydrogen-bond acceptors (Lipinski definition) is 4. The van der Waals surface area contributed by atoms with Crippen molar-refractivity contribution in [2.45, 2.75) is 0 Å². The number of hydrogen-bond donors (Lipinski definition) is 0. The van der Waals surface area contributed by atoms with Gasteiger partial charge in [-0.05, 0) is 72.8 Å². The molecule has 6 heteroatoms. The number of para-hydroxylation sites is 3. The van der Waals surface area contributed by atoms with E-state index in [2.05, 4.69) is 130 Å². The number of rotatable bonds is 5. The molecular formula is C51H31N5O. The van der Waals surface area contributed by atoms with E-state index in [1.807, 2.05) is 66.7 Å². The third kappa shape index (κ3) is 4.81. The van der Waals surface area contributed by atoms with Crippen molar-refractivity contribution in [1.82, 2.24) is 24.1 Å². The van der Waals surface area contributed by atoms with E-state index in [1.54, 1.807) is 0 Å². The summed E-state index contributed by atoms with van der Waals surface area (Å²) >= 11 is 0. The van der Waals surface area contributed by atoms with Gasteiger partial charge in [0.2, 0.25) is 0 Å². The van der Waals surface area contributed by atoms with Gasteiger partial charge in [0.05, 0.1) is 27.5 Å². The lowest BCUT2D eigenvalue weighted by Crippen LogP contribution is -2.00. The molecule has 57 heavy (non-hydrogen) atoms. The first-order valence-corrected chi connectivity index (χ1v) is 19.1. The van der Waals surface area contributed by atoms with Crippen LogP contribution >= 0.6 is 0 Å². The molecule has 0 atom stereocenters. The highest BCUT2D eigenvalue weighted by Gasteiger charge is 2.24. The molecule has 12 rings (SSSR count).